The Labute approximate surface area is 133 Å². The number of nitrogens with zero attached hydrogens (tertiary/aromatic N) is 2. The molecule has 1 aromatic heterocycles. The van der Waals surface area contributed by atoms with E-state index in [-0.39, 0.29) is 11.5 Å². The fourth-order valence-electron chi connectivity index (χ4n) is 2.09. The Morgan fingerprint density at radius 2 is 2.04 bits per heavy atom. The molecule has 0 saturated heterocycles. The van der Waals surface area contributed by atoms with Crippen LogP contribution in [-0.4, -0.2) is 40.8 Å². The number of aryl methyl sites for hydroxylation is 1. The summed E-state index contributed by atoms with van der Waals surface area (Å²) in [7, 11) is 1.48. The van der Waals surface area contributed by atoms with E-state index in [0.29, 0.717) is 30.0 Å². The SMILES string of the molecule is COc1cc(C(=O)O)ccc1CCNC(=O)c1cnnc(C)c1. The van der Waals surface area contributed by atoms with Gasteiger partial charge in [0.2, 0.25) is 0 Å². The molecule has 0 aliphatic carbocycles. The monoisotopic (exact) mass is 315 g/mol. The predicted molar refractivity (Wildman–Crippen MR) is 82.8 cm³/mol. The summed E-state index contributed by atoms with van der Waals surface area (Å²) in [6, 6.07) is 6.32. The molecule has 1 aromatic carbocycles. The third kappa shape index (κ3) is 4.26. The highest BCUT2D eigenvalue weighted by molar-refractivity contribution is 5.93. The Morgan fingerprint density at radius 3 is 2.70 bits per heavy atom. The minimum absolute atomic E-state index is 0.160. The van der Waals surface area contributed by atoms with Gasteiger partial charge in [-0.25, -0.2) is 4.79 Å². The molecule has 7 nitrogen and oxygen atoms in total. The number of amides is 1. The van der Waals surface area contributed by atoms with Gasteiger partial charge in [-0.15, -0.1) is 0 Å². The van der Waals surface area contributed by atoms with Crippen LogP contribution in [0, 0.1) is 6.92 Å². The number of aromatic carboxylic acids is 1. The maximum Gasteiger partial charge on any atom is 0.335 e. The molecule has 0 unspecified atom stereocenters. The smallest absolute Gasteiger partial charge is 0.335 e. The number of carboxylic acid groups (broad SMARTS) is 1. The lowest BCUT2D eigenvalue weighted by molar-refractivity contribution is 0.0696. The van der Waals surface area contributed by atoms with Crippen molar-refractivity contribution in [2.75, 3.05) is 13.7 Å². The van der Waals surface area contributed by atoms with Gasteiger partial charge >= 0.3 is 5.97 Å². The molecule has 7 heteroatoms. The zero-order chi connectivity index (χ0) is 16.8. The maximum atomic E-state index is 12.0. The highest BCUT2D eigenvalue weighted by Gasteiger charge is 2.10. The van der Waals surface area contributed by atoms with E-state index < -0.39 is 5.97 Å². The van der Waals surface area contributed by atoms with Crippen LogP contribution >= 0.6 is 0 Å². The van der Waals surface area contributed by atoms with E-state index in [4.69, 9.17) is 9.84 Å². The predicted octanol–water partition coefficient (Wildman–Crippen LogP) is 1.46. The van der Waals surface area contributed by atoms with Gasteiger partial charge in [-0.05, 0) is 37.1 Å². The van der Waals surface area contributed by atoms with Gasteiger partial charge in [-0.3, -0.25) is 4.79 Å². The molecule has 120 valence electrons. The van der Waals surface area contributed by atoms with Gasteiger partial charge < -0.3 is 15.2 Å². The lowest BCUT2D eigenvalue weighted by Gasteiger charge is -2.10. The molecule has 2 N–H and O–H groups in total. The topological polar surface area (TPSA) is 101 Å². The maximum absolute atomic E-state index is 12.0. The molecule has 1 heterocycles. The van der Waals surface area contributed by atoms with E-state index >= 15 is 0 Å². The molecule has 2 aromatic rings. The molecule has 1 amide bonds. The first-order valence-electron chi connectivity index (χ1n) is 6.99. The Bertz CT molecular complexity index is 731. The van der Waals surface area contributed by atoms with Crippen LogP contribution in [0.4, 0.5) is 0 Å². The summed E-state index contributed by atoms with van der Waals surface area (Å²) in [5.74, 6) is -0.756. The van der Waals surface area contributed by atoms with Crippen LogP contribution in [-0.2, 0) is 6.42 Å². The summed E-state index contributed by atoms with van der Waals surface area (Å²) >= 11 is 0. The Balaban J connectivity index is 1.98. The summed E-state index contributed by atoms with van der Waals surface area (Å²) in [6.45, 7) is 2.15. The van der Waals surface area contributed by atoms with E-state index in [9.17, 15) is 9.59 Å². The van der Waals surface area contributed by atoms with Crippen molar-refractivity contribution in [1.29, 1.82) is 0 Å². The number of rotatable bonds is 6. The zero-order valence-electron chi connectivity index (χ0n) is 12.9. The second-order valence-corrected chi connectivity index (χ2v) is 4.92. The normalized spacial score (nSPS) is 10.2. The van der Waals surface area contributed by atoms with Gasteiger partial charge in [0.05, 0.1) is 30.1 Å². The third-order valence-electron chi connectivity index (χ3n) is 3.25. The van der Waals surface area contributed by atoms with Crippen LogP contribution < -0.4 is 10.1 Å². The van der Waals surface area contributed by atoms with Crippen LogP contribution in [0.25, 0.3) is 0 Å². The van der Waals surface area contributed by atoms with E-state index in [0.717, 1.165) is 5.56 Å². The van der Waals surface area contributed by atoms with Crippen molar-refractivity contribution in [1.82, 2.24) is 15.5 Å². The molecular formula is C16H17N3O4. The number of nitrogens with one attached hydrogen (secondary N) is 1. The van der Waals surface area contributed by atoms with Gasteiger partial charge in [0.1, 0.15) is 5.75 Å². The third-order valence-corrected chi connectivity index (χ3v) is 3.25. The van der Waals surface area contributed by atoms with Crippen molar-refractivity contribution in [3.05, 3.63) is 52.8 Å². The van der Waals surface area contributed by atoms with E-state index in [1.807, 2.05) is 0 Å². The minimum atomic E-state index is -1.01. The van der Waals surface area contributed by atoms with Crippen LogP contribution in [0.5, 0.6) is 5.75 Å². The average molecular weight is 315 g/mol. The summed E-state index contributed by atoms with van der Waals surface area (Å²) in [5.41, 5.74) is 2.10. The second kappa shape index (κ2) is 7.35. The number of ether oxygens (including phenoxy) is 1. The molecule has 0 atom stereocenters. The van der Waals surface area contributed by atoms with Gasteiger partial charge in [-0.1, -0.05) is 6.07 Å². The van der Waals surface area contributed by atoms with Gasteiger partial charge in [0.15, 0.2) is 0 Å². The highest BCUT2D eigenvalue weighted by atomic mass is 16.5. The number of carbonyl (C=O) groups excluding carboxylic acids is 1. The van der Waals surface area contributed by atoms with Gasteiger partial charge in [0.25, 0.3) is 5.91 Å². The number of benzene rings is 1. The van der Waals surface area contributed by atoms with E-state index in [1.54, 1.807) is 19.1 Å². The molecule has 0 radical (unpaired) electrons. The first-order valence-corrected chi connectivity index (χ1v) is 6.99. The van der Waals surface area contributed by atoms with Crippen molar-refractivity contribution in [2.24, 2.45) is 0 Å². The quantitative estimate of drug-likeness (QED) is 0.837. The van der Waals surface area contributed by atoms with Gasteiger partial charge in [-0.2, -0.15) is 10.2 Å². The molecule has 0 aliphatic heterocycles. The molecule has 0 fully saturated rings. The summed E-state index contributed by atoms with van der Waals surface area (Å²) in [5, 5.41) is 19.3. The van der Waals surface area contributed by atoms with Crippen LogP contribution in [0.2, 0.25) is 0 Å². The van der Waals surface area contributed by atoms with Crippen LogP contribution in [0.15, 0.2) is 30.5 Å². The number of carbonyl (C=O) groups is 2. The molecular weight excluding hydrogens is 298 g/mol. The number of hydrogen-bond donors (Lipinski definition) is 2. The summed E-state index contributed by atoms with van der Waals surface area (Å²) in [4.78, 5) is 22.9. The minimum Gasteiger partial charge on any atom is -0.496 e. The zero-order valence-corrected chi connectivity index (χ0v) is 12.9. The fraction of sp³-hybridized carbons (Fsp3) is 0.250. The van der Waals surface area contributed by atoms with Crippen molar-refractivity contribution in [3.63, 3.8) is 0 Å². The average Bonchev–Trinajstić information content (AvgIpc) is 2.54. The summed E-state index contributed by atoms with van der Waals surface area (Å²) < 4.78 is 5.20. The Morgan fingerprint density at radius 1 is 1.26 bits per heavy atom. The van der Waals surface area contributed by atoms with Gasteiger partial charge in [0, 0.05) is 6.54 Å². The molecule has 0 bridgehead atoms. The highest BCUT2D eigenvalue weighted by Crippen LogP contribution is 2.20. The molecule has 23 heavy (non-hydrogen) atoms. The standard InChI is InChI=1S/C16H17N3O4/c1-10-7-13(9-18-19-10)15(20)17-6-5-11-3-4-12(16(21)22)8-14(11)23-2/h3-4,7-9H,5-6H2,1-2H3,(H,17,20)(H,21,22). The van der Waals surface area contributed by atoms with Crippen LogP contribution in [0.1, 0.15) is 32.0 Å². The summed E-state index contributed by atoms with van der Waals surface area (Å²) in [6.07, 6.45) is 1.93. The van der Waals surface area contributed by atoms with Crippen molar-refractivity contribution >= 4 is 11.9 Å². The number of methoxy groups -OCH3 is 1. The second-order valence-electron chi connectivity index (χ2n) is 4.92. The van der Waals surface area contributed by atoms with E-state index in [1.165, 1.54) is 25.4 Å². The largest absolute Gasteiger partial charge is 0.496 e. The number of hydrogen-bond acceptors (Lipinski definition) is 5. The Hall–Kier alpha value is -2.96. The van der Waals surface area contributed by atoms with E-state index in [2.05, 4.69) is 15.5 Å². The lowest BCUT2D eigenvalue weighted by Crippen LogP contribution is -2.26. The fourth-order valence-corrected chi connectivity index (χ4v) is 2.09. The van der Waals surface area contributed by atoms with Crippen LogP contribution in [0.3, 0.4) is 0 Å². The first-order chi connectivity index (χ1) is 11.0. The van der Waals surface area contributed by atoms with Crippen molar-refractivity contribution in [3.8, 4) is 5.75 Å². The number of carboxylic acids is 1. The number of aromatic nitrogens is 2. The lowest BCUT2D eigenvalue weighted by atomic mass is 10.1. The molecule has 0 saturated carbocycles. The molecule has 2 rings (SSSR count). The Kier molecular flexibility index (Phi) is 5.24. The van der Waals surface area contributed by atoms with Crippen molar-refractivity contribution in [2.45, 2.75) is 13.3 Å². The first kappa shape index (κ1) is 16.4. The van der Waals surface area contributed by atoms with Crippen molar-refractivity contribution < 1.29 is 19.4 Å². The molecule has 0 spiro atoms. The molecule has 0 aliphatic rings.